The van der Waals surface area contributed by atoms with Gasteiger partial charge in [-0.2, -0.15) is 0 Å². The number of hydrogen-bond acceptors (Lipinski definition) is 1. The summed E-state index contributed by atoms with van der Waals surface area (Å²) < 4.78 is 14.1. The van der Waals surface area contributed by atoms with Crippen molar-refractivity contribution in [2.75, 3.05) is 0 Å². The molecule has 0 unspecified atom stereocenters. The lowest BCUT2D eigenvalue weighted by molar-refractivity contribution is 0.0443. The first-order valence-electron chi connectivity index (χ1n) is 5.49. The second-order valence-corrected chi connectivity index (χ2v) is 4.93. The molecular formula is C13H18FN. The van der Waals surface area contributed by atoms with E-state index in [9.17, 15) is 4.39 Å². The fraction of sp³-hybridized carbons (Fsp3) is 0.538. The number of hydrogen-bond donors (Lipinski definition) is 1. The van der Waals surface area contributed by atoms with Gasteiger partial charge in [-0.1, -0.05) is 23.8 Å². The molecule has 1 aliphatic rings. The van der Waals surface area contributed by atoms with Gasteiger partial charge in [-0.15, -0.1) is 0 Å². The third-order valence-electron chi connectivity index (χ3n) is 3.27. The Morgan fingerprint density at radius 3 is 2.67 bits per heavy atom. The van der Waals surface area contributed by atoms with Gasteiger partial charge in [0, 0.05) is 12.5 Å². The van der Waals surface area contributed by atoms with E-state index in [1.54, 1.807) is 0 Å². The van der Waals surface area contributed by atoms with Crippen molar-refractivity contribution in [2.24, 2.45) is 5.73 Å². The van der Waals surface area contributed by atoms with Crippen molar-refractivity contribution in [1.29, 1.82) is 0 Å². The molecular weight excluding hydrogens is 189 g/mol. The Labute approximate surface area is 90.5 Å². The minimum absolute atomic E-state index is 0.0696. The molecule has 0 spiro atoms. The van der Waals surface area contributed by atoms with Crippen LogP contribution in [0.1, 0.15) is 29.5 Å². The van der Waals surface area contributed by atoms with Gasteiger partial charge in [-0.05, 0) is 37.8 Å². The molecule has 2 rings (SSSR count). The fourth-order valence-electron chi connectivity index (χ4n) is 2.36. The van der Waals surface area contributed by atoms with Gasteiger partial charge in [0.15, 0.2) is 0 Å². The van der Waals surface area contributed by atoms with E-state index < -0.39 is 5.67 Å². The lowest BCUT2D eigenvalue weighted by atomic mass is 9.73. The molecule has 1 fully saturated rings. The summed E-state index contributed by atoms with van der Waals surface area (Å²) in [6, 6.07) is 6.28. The lowest BCUT2D eigenvalue weighted by Crippen LogP contribution is -2.49. The first-order valence-corrected chi connectivity index (χ1v) is 5.49. The highest BCUT2D eigenvalue weighted by atomic mass is 19.1. The predicted octanol–water partition coefficient (Wildman–Crippen LogP) is 2.68. The summed E-state index contributed by atoms with van der Waals surface area (Å²) in [6.07, 6.45) is 1.55. The van der Waals surface area contributed by atoms with Crippen molar-refractivity contribution in [3.63, 3.8) is 0 Å². The van der Waals surface area contributed by atoms with Crippen LogP contribution < -0.4 is 5.73 Å². The van der Waals surface area contributed by atoms with E-state index in [0.29, 0.717) is 19.3 Å². The summed E-state index contributed by atoms with van der Waals surface area (Å²) in [7, 11) is 0. The van der Waals surface area contributed by atoms with Crippen molar-refractivity contribution in [3.8, 4) is 0 Å². The molecule has 1 saturated carbocycles. The van der Waals surface area contributed by atoms with Crippen LogP contribution in [0.15, 0.2) is 18.2 Å². The normalized spacial score (nSPS) is 30.0. The van der Waals surface area contributed by atoms with Crippen molar-refractivity contribution in [2.45, 2.75) is 44.8 Å². The quantitative estimate of drug-likeness (QED) is 0.792. The second kappa shape index (κ2) is 3.60. The van der Waals surface area contributed by atoms with E-state index in [4.69, 9.17) is 5.73 Å². The van der Waals surface area contributed by atoms with Crippen LogP contribution in [0.4, 0.5) is 4.39 Å². The summed E-state index contributed by atoms with van der Waals surface area (Å²) in [5, 5.41) is 0. The van der Waals surface area contributed by atoms with Gasteiger partial charge in [0.05, 0.1) is 0 Å². The fourth-order valence-corrected chi connectivity index (χ4v) is 2.36. The molecule has 0 aromatic heterocycles. The van der Waals surface area contributed by atoms with Crippen molar-refractivity contribution in [3.05, 3.63) is 34.9 Å². The van der Waals surface area contributed by atoms with E-state index in [-0.39, 0.29) is 6.04 Å². The van der Waals surface area contributed by atoms with Gasteiger partial charge in [0.25, 0.3) is 0 Å². The van der Waals surface area contributed by atoms with Crippen LogP contribution in [0.2, 0.25) is 0 Å². The Morgan fingerprint density at radius 1 is 1.40 bits per heavy atom. The summed E-state index contributed by atoms with van der Waals surface area (Å²) in [6.45, 7) is 4.08. The minimum atomic E-state index is -1.04. The largest absolute Gasteiger partial charge is 0.327 e. The minimum Gasteiger partial charge on any atom is -0.327 e. The molecule has 15 heavy (non-hydrogen) atoms. The zero-order valence-corrected chi connectivity index (χ0v) is 9.39. The molecule has 2 N–H and O–H groups in total. The molecule has 0 bridgehead atoms. The number of aryl methyl sites for hydroxylation is 2. The number of benzene rings is 1. The molecule has 0 heterocycles. The van der Waals surface area contributed by atoms with Crippen LogP contribution in [0, 0.1) is 13.8 Å². The van der Waals surface area contributed by atoms with Gasteiger partial charge in [-0.25, -0.2) is 4.39 Å². The Bertz CT molecular complexity index is 367. The summed E-state index contributed by atoms with van der Waals surface area (Å²) in [5.41, 5.74) is 8.10. The third-order valence-corrected chi connectivity index (χ3v) is 3.27. The Kier molecular flexibility index (Phi) is 2.55. The smallest absolute Gasteiger partial charge is 0.118 e. The molecule has 82 valence electrons. The number of rotatable bonds is 2. The van der Waals surface area contributed by atoms with Gasteiger partial charge < -0.3 is 5.73 Å². The summed E-state index contributed by atoms with van der Waals surface area (Å²) >= 11 is 0. The molecule has 0 aliphatic heterocycles. The highest BCUT2D eigenvalue weighted by Gasteiger charge is 2.43. The summed E-state index contributed by atoms with van der Waals surface area (Å²) in [5.74, 6) is 0. The molecule has 0 radical (unpaired) electrons. The SMILES string of the molecule is Cc1ccc(C)c(CC2(F)CC(N)C2)c1. The lowest BCUT2D eigenvalue weighted by Gasteiger charge is -2.39. The maximum absolute atomic E-state index is 14.1. The van der Waals surface area contributed by atoms with Crippen molar-refractivity contribution in [1.82, 2.24) is 0 Å². The van der Waals surface area contributed by atoms with E-state index >= 15 is 0 Å². The summed E-state index contributed by atoms with van der Waals surface area (Å²) in [4.78, 5) is 0. The number of alkyl halides is 1. The Hall–Kier alpha value is -0.890. The van der Waals surface area contributed by atoms with Gasteiger partial charge in [0.1, 0.15) is 5.67 Å². The van der Waals surface area contributed by atoms with E-state index in [2.05, 4.69) is 18.2 Å². The molecule has 1 aromatic rings. The molecule has 1 aliphatic carbocycles. The Balaban J connectivity index is 2.14. The highest BCUT2D eigenvalue weighted by molar-refractivity contribution is 5.32. The van der Waals surface area contributed by atoms with Crippen LogP contribution >= 0.6 is 0 Å². The zero-order chi connectivity index (χ0) is 11.1. The van der Waals surface area contributed by atoms with Gasteiger partial charge >= 0.3 is 0 Å². The molecule has 2 heteroatoms. The van der Waals surface area contributed by atoms with Gasteiger partial charge in [0.2, 0.25) is 0 Å². The van der Waals surface area contributed by atoms with E-state index in [1.165, 1.54) is 11.1 Å². The molecule has 0 atom stereocenters. The average molecular weight is 207 g/mol. The first kappa shape index (κ1) is 10.6. The average Bonchev–Trinajstić information content (AvgIpc) is 2.09. The van der Waals surface area contributed by atoms with Crippen LogP contribution in [0.3, 0.4) is 0 Å². The van der Waals surface area contributed by atoms with Crippen LogP contribution in [0.25, 0.3) is 0 Å². The monoisotopic (exact) mass is 207 g/mol. The maximum atomic E-state index is 14.1. The van der Waals surface area contributed by atoms with E-state index in [1.807, 2.05) is 13.8 Å². The van der Waals surface area contributed by atoms with Gasteiger partial charge in [-0.3, -0.25) is 0 Å². The topological polar surface area (TPSA) is 26.0 Å². The third kappa shape index (κ3) is 2.20. The van der Waals surface area contributed by atoms with Crippen LogP contribution in [0.5, 0.6) is 0 Å². The van der Waals surface area contributed by atoms with Crippen LogP contribution in [-0.4, -0.2) is 11.7 Å². The number of halogens is 1. The molecule has 0 amide bonds. The van der Waals surface area contributed by atoms with E-state index in [0.717, 1.165) is 5.56 Å². The second-order valence-electron chi connectivity index (χ2n) is 4.93. The molecule has 0 saturated heterocycles. The standard InChI is InChI=1S/C13H18FN/c1-9-3-4-10(2)11(5-9)6-13(14)7-12(15)8-13/h3-5,12H,6-8,15H2,1-2H3. The molecule has 1 nitrogen and oxygen atoms in total. The van der Waals surface area contributed by atoms with Crippen molar-refractivity contribution < 1.29 is 4.39 Å². The zero-order valence-electron chi connectivity index (χ0n) is 9.39. The Morgan fingerprint density at radius 2 is 2.07 bits per heavy atom. The maximum Gasteiger partial charge on any atom is 0.118 e. The van der Waals surface area contributed by atoms with Crippen LogP contribution in [-0.2, 0) is 6.42 Å². The highest BCUT2D eigenvalue weighted by Crippen LogP contribution is 2.38. The molecule has 1 aromatic carbocycles. The predicted molar refractivity (Wildman–Crippen MR) is 60.7 cm³/mol. The first-order chi connectivity index (χ1) is 6.98. The van der Waals surface area contributed by atoms with Crippen molar-refractivity contribution >= 4 is 0 Å². The number of nitrogens with two attached hydrogens (primary N) is 1.